The van der Waals surface area contributed by atoms with E-state index in [9.17, 15) is 4.79 Å². The van der Waals surface area contributed by atoms with Crippen molar-refractivity contribution < 1.29 is 14.6 Å². The number of rotatable bonds is 10. The smallest absolute Gasteiger partial charge is 0.330 e. The van der Waals surface area contributed by atoms with Gasteiger partial charge in [-0.15, -0.1) is 0 Å². The maximum atomic E-state index is 11.1. The molecule has 1 atom stereocenters. The van der Waals surface area contributed by atoms with Crippen molar-refractivity contribution in [2.75, 3.05) is 6.61 Å². The molecule has 0 aliphatic rings. The number of unbranched alkanes of at least 4 members (excludes halogenated alkanes) is 6. The van der Waals surface area contributed by atoms with Crippen molar-refractivity contribution in [3.63, 3.8) is 0 Å². The highest BCUT2D eigenvalue weighted by molar-refractivity contribution is 5.81. The van der Waals surface area contributed by atoms with E-state index in [0.29, 0.717) is 0 Å². The Morgan fingerprint density at radius 1 is 1.24 bits per heavy atom. The SMILES string of the molecule is CCCCCCCCC=CC(=O)OCC(C)O. The van der Waals surface area contributed by atoms with Crippen LogP contribution in [0.2, 0.25) is 0 Å². The highest BCUT2D eigenvalue weighted by Gasteiger charge is 1.99. The van der Waals surface area contributed by atoms with Crippen LogP contribution in [0.3, 0.4) is 0 Å². The summed E-state index contributed by atoms with van der Waals surface area (Å²) >= 11 is 0. The Morgan fingerprint density at radius 2 is 1.88 bits per heavy atom. The summed E-state index contributed by atoms with van der Waals surface area (Å²) in [7, 11) is 0. The van der Waals surface area contributed by atoms with Crippen molar-refractivity contribution in [1.29, 1.82) is 0 Å². The fourth-order valence-electron chi connectivity index (χ4n) is 1.47. The zero-order chi connectivity index (χ0) is 12.9. The second-order valence-electron chi connectivity index (χ2n) is 4.44. The normalized spacial score (nSPS) is 12.9. The van der Waals surface area contributed by atoms with Gasteiger partial charge in [0.2, 0.25) is 0 Å². The second kappa shape index (κ2) is 11.6. The number of esters is 1. The summed E-state index contributed by atoms with van der Waals surface area (Å²) in [5, 5.41) is 8.91. The molecule has 3 heteroatoms. The predicted molar refractivity (Wildman–Crippen MR) is 69.8 cm³/mol. The van der Waals surface area contributed by atoms with Gasteiger partial charge in [0.05, 0.1) is 6.10 Å². The quantitative estimate of drug-likeness (QED) is 0.363. The number of hydrogen-bond acceptors (Lipinski definition) is 3. The molecule has 1 N–H and O–H groups in total. The molecule has 100 valence electrons. The van der Waals surface area contributed by atoms with Crippen LogP contribution < -0.4 is 0 Å². The Bertz CT molecular complexity index is 210. The maximum absolute atomic E-state index is 11.1. The lowest BCUT2D eigenvalue weighted by Gasteiger charge is -2.03. The highest BCUT2D eigenvalue weighted by Crippen LogP contribution is 2.07. The topological polar surface area (TPSA) is 46.5 Å². The molecule has 0 aromatic rings. The van der Waals surface area contributed by atoms with Gasteiger partial charge in [0.25, 0.3) is 0 Å². The van der Waals surface area contributed by atoms with E-state index >= 15 is 0 Å². The molecule has 0 saturated heterocycles. The van der Waals surface area contributed by atoms with E-state index in [1.165, 1.54) is 38.2 Å². The number of carbonyl (C=O) groups is 1. The van der Waals surface area contributed by atoms with E-state index in [4.69, 9.17) is 9.84 Å². The number of ether oxygens (including phenoxy) is 1. The molecular formula is C14H26O3. The number of aliphatic hydroxyl groups is 1. The molecule has 0 aliphatic heterocycles. The average molecular weight is 242 g/mol. The van der Waals surface area contributed by atoms with Crippen molar-refractivity contribution in [1.82, 2.24) is 0 Å². The zero-order valence-corrected chi connectivity index (χ0v) is 11.2. The summed E-state index contributed by atoms with van der Waals surface area (Å²) in [6.45, 7) is 3.87. The molecule has 0 rings (SSSR count). The molecule has 0 radical (unpaired) electrons. The van der Waals surface area contributed by atoms with E-state index < -0.39 is 6.10 Å². The number of allylic oxidation sites excluding steroid dienone is 1. The third-order valence-corrected chi connectivity index (χ3v) is 2.45. The molecule has 0 aromatic carbocycles. The molecule has 0 bridgehead atoms. The molecule has 17 heavy (non-hydrogen) atoms. The van der Waals surface area contributed by atoms with Crippen LogP contribution in [0, 0.1) is 0 Å². The summed E-state index contributed by atoms with van der Waals surface area (Å²) in [4.78, 5) is 11.1. The molecule has 0 aromatic heterocycles. The monoisotopic (exact) mass is 242 g/mol. The van der Waals surface area contributed by atoms with E-state index in [-0.39, 0.29) is 12.6 Å². The van der Waals surface area contributed by atoms with Gasteiger partial charge in [-0.25, -0.2) is 4.79 Å². The lowest BCUT2D eigenvalue weighted by molar-refractivity contribution is -0.140. The highest BCUT2D eigenvalue weighted by atomic mass is 16.5. The van der Waals surface area contributed by atoms with Crippen LogP contribution in [0.5, 0.6) is 0 Å². The van der Waals surface area contributed by atoms with Crippen molar-refractivity contribution in [2.24, 2.45) is 0 Å². The first-order valence-corrected chi connectivity index (χ1v) is 6.68. The summed E-state index contributed by atoms with van der Waals surface area (Å²) < 4.78 is 4.79. The van der Waals surface area contributed by atoms with E-state index in [0.717, 1.165) is 12.8 Å². The van der Waals surface area contributed by atoms with Gasteiger partial charge in [-0.1, -0.05) is 45.1 Å². The Balaban J connectivity index is 3.32. The van der Waals surface area contributed by atoms with Crippen LogP contribution >= 0.6 is 0 Å². The molecule has 0 saturated carbocycles. The minimum absolute atomic E-state index is 0.0696. The minimum Gasteiger partial charge on any atom is -0.460 e. The second-order valence-corrected chi connectivity index (χ2v) is 4.44. The predicted octanol–water partition coefficient (Wildman–Crippen LogP) is 3.22. The van der Waals surface area contributed by atoms with Crippen molar-refractivity contribution in [2.45, 2.75) is 64.9 Å². The van der Waals surface area contributed by atoms with Crippen LogP contribution in [-0.4, -0.2) is 23.8 Å². The molecule has 0 aliphatic carbocycles. The van der Waals surface area contributed by atoms with Crippen LogP contribution in [0.1, 0.15) is 58.8 Å². The third-order valence-electron chi connectivity index (χ3n) is 2.45. The van der Waals surface area contributed by atoms with Gasteiger partial charge in [0, 0.05) is 6.08 Å². The molecular weight excluding hydrogens is 216 g/mol. The zero-order valence-electron chi connectivity index (χ0n) is 11.2. The maximum Gasteiger partial charge on any atom is 0.330 e. The van der Waals surface area contributed by atoms with Crippen LogP contribution in [-0.2, 0) is 9.53 Å². The molecule has 0 spiro atoms. The lowest BCUT2D eigenvalue weighted by Crippen LogP contribution is -2.13. The third kappa shape index (κ3) is 13.1. The van der Waals surface area contributed by atoms with Crippen molar-refractivity contribution in [3.05, 3.63) is 12.2 Å². The first-order valence-electron chi connectivity index (χ1n) is 6.68. The molecule has 0 heterocycles. The van der Waals surface area contributed by atoms with Gasteiger partial charge in [-0.2, -0.15) is 0 Å². The first-order chi connectivity index (χ1) is 8.16. The summed E-state index contributed by atoms with van der Waals surface area (Å²) in [5.41, 5.74) is 0. The van der Waals surface area contributed by atoms with Crippen LogP contribution in [0.4, 0.5) is 0 Å². The van der Waals surface area contributed by atoms with Crippen molar-refractivity contribution >= 4 is 5.97 Å². The average Bonchev–Trinajstić information content (AvgIpc) is 2.30. The molecule has 0 amide bonds. The van der Waals surface area contributed by atoms with Crippen molar-refractivity contribution in [3.8, 4) is 0 Å². The lowest BCUT2D eigenvalue weighted by atomic mass is 10.1. The minimum atomic E-state index is -0.592. The summed E-state index contributed by atoms with van der Waals surface area (Å²) in [6.07, 6.45) is 11.2. The van der Waals surface area contributed by atoms with Gasteiger partial charge >= 0.3 is 5.97 Å². The number of aliphatic hydroxyl groups excluding tert-OH is 1. The molecule has 3 nitrogen and oxygen atoms in total. The fraction of sp³-hybridized carbons (Fsp3) is 0.786. The molecule has 0 fully saturated rings. The van der Waals surface area contributed by atoms with Crippen LogP contribution in [0.25, 0.3) is 0 Å². The van der Waals surface area contributed by atoms with Gasteiger partial charge in [0.1, 0.15) is 6.61 Å². The van der Waals surface area contributed by atoms with Gasteiger partial charge in [-0.05, 0) is 19.8 Å². The largest absolute Gasteiger partial charge is 0.460 e. The summed E-state index contributed by atoms with van der Waals surface area (Å²) in [6, 6.07) is 0. The van der Waals surface area contributed by atoms with E-state index in [2.05, 4.69) is 6.92 Å². The Labute approximate surface area is 105 Å². The van der Waals surface area contributed by atoms with Gasteiger partial charge in [-0.3, -0.25) is 0 Å². The molecule has 1 unspecified atom stereocenters. The van der Waals surface area contributed by atoms with Crippen LogP contribution in [0.15, 0.2) is 12.2 Å². The Hall–Kier alpha value is -0.830. The summed E-state index contributed by atoms with van der Waals surface area (Å²) in [5.74, 6) is -0.364. The standard InChI is InChI=1S/C14H26O3/c1-3-4-5-6-7-8-9-10-11-14(16)17-12-13(2)15/h10-11,13,15H,3-9,12H2,1-2H3. The van der Waals surface area contributed by atoms with Gasteiger partial charge < -0.3 is 9.84 Å². The first kappa shape index (κ1) is 16.2. The fourth-order valence-corrected chi connectivity index (χ4v) is 1.47. The van der Waals surface area contributed by atoms with E-state index in [1.54, 1.807) is 6.92 Å². The Morgan fingerprint density at radius 3 is 2.53 bits per heavy atom. The number of hydrogen-bond donors (Lipinski definition) is 1. The van der Waals surface area contributed by atoms with E-state index in [1.807, 2.05) is 6.08 Å². The number of carbonyl (C=O) groups excluding carboxylic acids is 1. The van der Waals surface area contributed by atoms with Gasteiger partial charge in [0.15, 0.2) is 0 Å². The Kier molecular flexibility index (Phi) is 11.1.